The molecule has 5 heteroatoms. The third-order valence-corrected chi connectivity index (χ3v) is 6.09. The van der Waals surface area contributed by atoms with E-state index in [0.717, 1.165) is 48.5 Å². The molecular formula is C30H35N3O2. The van der Waals surface area contributed by atoms with Crippen molar-refractivity contribution >= 4 is 0 Å². The number of rotatable bonds is 12. The average Bonchev–Trinajstić information content (AvgIpc) is 3.19. The smallest absolute Gasteiger partial charge is 0.227 e. The van der Waals surface area contributed by atoms with Crippen LogP contribution in [0, 0.1) is 6.92 Å². The van der Waals surface area contributed by atoms with E-state index in [4.69, 9.17) is 9.84 Å². The van der Waals surface area contributed by atoms with Crippen molar-refractivity contribution in [3.05, 3.63) is 108 Å². The van der Waals surface area contributed by atoms with Crippen LogP contribution in [0.25, 0.3) is 5.69 Å². The van der Waals surface area contributed by atoms with Gasteiger partial charge in [0.05, 0.1) is 23.0 Å². The Morgan fingerprint density at radius 1 is 0.886 bits per heavy atom. The first kappa shape index (κ1) is 24.7. The second-order valence-electron chi connectivity index (χ2n) is 8.98. The van der Waals surface area contributed by atoms with Crippen LogP contribution in [0.4, 0.5) is 0 Å². The molecular weight excluding hydrogens is 434 g/mol. The summed E-state index contributed by atoms with van der Waals surface area (Å²) in [7, 11) is 0. The van der Waals surface area contributed by atoms with E-state index in [0.29, 0.717) is 19.0 Å². The van der Waals surface area contributed by atoms with Crippen molar-refractivity contribution in [1.82, 2.24) is 14.7 Å². The van der Waals surface area contributed by atoms with Crippen molar-refractivity contribution in [3.63, 3.8) is 0 Å². The summed E-state index contributed by atoms with van der Waals surface area (Å²) in [6.45, 7) is 6.14. The molecule has 4 aromatic rings. The lowest BCUT2D eigenvalue weighted by molar-refractivity contribution is 0.0953. The molecule has 0 saturated heterocycles. The fraction of sp³-hybridized carbons (Fsp3) is 0.300. The molecule has 0 aliphatic carbocycles. The number of nitrogens with zero attached hydrogens (tertiary/aromatic N) is 3. The van der Waals surface area contributed by atoms with Crippen LogP contribution in [0.15, 0.2) is 91.0 Å². The Hall–Kier alpha value is -3.41. The summed E-state index contributed by atoms with van der Waals surface area (Å²) in [6.07, 6.45) is 2.53. The SMILES string of the molecule is CCCCC(O)CN(Cc1ccccc1)Cc1c(C)nn(-c2ccccc2)c1Oc1ccccc1. The van der Waals surface area contributed by atoms with Gasteiger partial charge in [-0.1, -0.05) is 86.5 Å². The van der Waals surface area contributed by atoms with Gasteiger partial charge in [0.15, 0.2) is 0 Å². The zero-order valence-electron chi connectivity index (χ0n) is 20.7. The van der Waals surface area contributed by atoms with Crippen LogP contribution in [0.2, 0.25) is 0 Å². The van der Waals surface area contributed by atoms with Crippen LogP contribution in [0.1, 0.15) is 43.0 Å². The standard InChI is InChI=1S/C30H35N3O2/c1-3-4-18-27(34)22-32(21-25-14-8-5-9-15-25)23-29-24(2)31-33(26-16-10-6-11-17-26)30(29)35-28-19-12-7-13-20-28/h5-17,19-20,27,34H,3-4,18,21-23H2,1-2H3. The predicted octanol–water partition coefficient (Wildman–Crippen LogP) is 6.53. The van der Waals surface area contributed by atoms with Crippen molar-refractivity contribution in [3.8, 4) is 17.3 Å². The fourth-order valence-corrected chi connectivity index (χ4v) is 4.25. The van der Waals surface area contributed by atoms with Gasteiger partial charge >= 0.3 is 0 Å². The van der Waals surface area contributed by atoms with Gasteiger partial charge in [-0.05, 0) is 43.2 Å². The van der Waals surface area contributed by atoms with Crippen LogP contribution < -0.4 is 4.74 Å². The average molecular weight is 470 g/mol. The minimum absolute atomic E-state index is 0.373. The number of unbranched alkanes of at least 4 members (excludes halogenated alkanes) is 1. The Morgan fingerprint density at radius 2 is 1.51 bits per heavy atom. The lowest BCUT2D eigenvalue weighted by atomic mass is 10.1. The topological polar surface area (TPSA) is 50.5 Å². The highest BCUT2D eigenvalue weighted by Gasteiger charge is 2.22. The number of hydrogen-bond acceptors (Lipinski definition) is 4. The van der Waals surface area contributed by atoms with Gasteiger partial charge in [0, 0.05) is 19.6 Å². The number of hydrogen-bond donors (Lipinski definition) is 1. The summed E-state index contributed by atoms with van der Waals surface area (Å²) < 4.78 is 8.33. The van der Waals surface area contributed by atoms with Gasteiger partial charge in [-0.2, -0.15) is 5.10 Å². The predicted molar refractivity (Wildman–Crippen MR) is 141 cm³/mol. The van der Waals surface area contributed by atoms with E-state index >= 15 is 0 Å². The Labute approximate surface area is 208 Å². The zero-order chi connectivity index (χ0) is 24.5. The van der Waals surface area contributed by atoms with E-state index in [1.54, 1.807) is 0 Å². The van der Waals surface area contributed by atoms with Crippen molar-refractivity contribution in [1.29, 1.82) is 0 Å². The highest BCUT2D eigenvalue weighted by molar-refractivity contribution is 5.43. The van der Waals surface area contributed by atoms with Crippen molar-refractivity contribution in [2.24, 2.45) is 0 Å². The molecule has 1 atom stereocenters. The number of aryl methyl sites for hydroxylation is 1. The molecule has 0 amide bonds. The second-order valence-corrected chi connectivity index (χ2v) is 8.98. The quantitative estimate of drug-likeness (QED) is 0.256. The summed E-state index contributed by atoms with van der Waals surface area (Å²) >= 11 is 0. The summed E-state index contributed by atoms with van der Waals surface area (Å²) in [5.41, 5.74) is 4.11. The van der Waals surface area contributed by atoms with Gasteiger partial charge in [-0.25, -0.2) is 4.68 Å². The highest BCUT2D eigenvalue weighted by atomic mass is 16.5. The first-order valence-electron chi connectivity index (χ1n) is 12.4. The molecule has 1 unspecified atom stereocenters. The molecule has 5 nitrogen and oxygen atoms in total. The van der Waals surface area contributed by atoms with Gasteiger partial charge in [0.2, 0.25) is 5.88 Å². The maximum Gasteiger partial charge on any atom is 0.227 e. The maximum absolute atomic E-state index is 10.8. The number of aromatic nitrogens is 2. The third kappa shape index (κ3) is 6.81. The van der Waals surface area contributed by atoms with Gasteiger partial charge in [-0.3, -0.25) is 4.90 Å². The van der Waals surface area contributed by atoms with E-state index in [9.17, 15) is 5.11 Å². The van der Waals surface area contributed by atoms with E-state index in [1.165, 1.54) is 5.56 Å². The number of ether oxygens (including phenoxy) is 1. The summed E-state index contributed by atoms with van der Waals surface area (Å²) in [4.78, 5) is 2.30. The van der Waals surface area contributed by atoms with Crippen molar-refractivity contribution in [2.45, 2.75) is 52.3 Å². The van der Waals surface area contributed by atoms with Gasteiger partial charge in [0.25, 0.3) is 0 Å². The van der Waals surface area contributed by atoms with E-state index in [-0.39, 0.29) is 6.10 Å². The molecule has 0 bridgehead atoms. The monoisotopic (exact) mass is 469 g/mol. The minimum Gasteiger partial charge on any atom is -0.439 e. The Morgan fingerprint density at radius 3 is 2.17 bits per heavy atom. The second kappa shape index (κ2) is 12.3. The number of para-hydroxylation sites is 2. The molecule has 4 rings (SSSR count). The first-order valence-corrected chi connectivity index (χ1v) is 12.4. The molecule has 0 saturated carbocycles. The van der Waals surface area contributed by atoms with Crippen molar-refractivity contribution < 1.29 is 9.84 Å². The lowest BCUT2D eigenvalue weighted by Crippen LogP contribution is -2.32. The van der Waals surface area contributed by atoms with Crippen LogP contribution >= 0.6 is 0 Å². The largest absolute Gasteiger partial charge is 0.439 e. The van der Waals surface area contributed by atoms with E-state index in [2.05, 4.69) is 36.1 Å². The molecule has 1 aromatic heterocycles. The van der Waals surface area contributed by atoms with Crippen LogP contribution in [-0.4, -0.2) is 32.4 Å². The summed E-state index contributed by atoms with van der Waals surface area (Å²) in [5, 5.41) is 15.6. The number of benzene rings is 3. The van der Waals surface area contributed by atoms with Crippen LogP contribution in [-0.2, 0) is 13.1 Å². The molecule has 0 aliphatic heterocycles. The molecule has 182 valence electrons. The molecule has 0 fully saturated rings. The van der Waals surface area contributed by atoms with Gasteiger partial charge < -0.3 is 9.84 Å². The fourth-order valence-electron chi connectivity index (χ4n) is 4.25. The molecule has 0 radical (unpaired) electrons. The van der Waals surface area contributed by atoms with Gasteiger partial charge in [0.1, 0.15) is 5.75 Å². The summed E-state index contributed by atoms with van der Waals surface area (Å²) in [5.74, 6) is 1.48. The third-order valence-electron chi connectivity index (χ3n) is 6.09. The lowest BCUT2D eigenvalue weighted by Gasteiger charge is -2.25. The van der Waals surface area contributed by atoms with Gasteiger partial charge in [-0.15, -0.1) is 0 Å². The maximum atomic E-state index is 10.8. The van der Waals surface area contributed by atoms with E-state index < -0.39 is 0 Å². The molecule has 0 spiro atoms. The normalized spacial score (nSPS) is 12.1. The molecule has 35 heavy (non-hydrogen) atoms. The van der Waals surface area contributed by atoms with Crippen LogP contribution in [0.5, 0.6) is 11.6 Å². The van der Waals surface area contributed by atoms with Crippen LogP contribution in [0.3, 0.4) is 0 Å². The Bertz CT molecular complexity index is 1160. The minimum atomic E-state index is -0.373. The molecule has 1 heterocycles. The first-order chi connectivity index (χ1) is 17.1. The van der Waals surface area contributed by atoms with Crippen molar-refractivity contribution in [2.75, 3.05) is 6.54 Å². The summed E-state index contributed by atoms with van der Waals surface area (Å²) in [6, 6.07) is 30.3. The molecule has 3 aromatic carbocycles. The zero-order valence-corrected chi connectivity index (χ0v) is 20.7. The Balaban J connectivity index is 1.68. The Kier molecular flexibility index (Phi) is 8.71. The molecule has 1 N–H and O–H groups in total. The number of aliphatic hydroxyl groups excluding tert-OH is 1. The molecule has 0 aliphatic rings. The number of aliphatic hydroxyl groups is 1. The highest BCUT2D eigenvalue weighted by Crippen LogP contribution is 2.32. The van der Waals surface area contributed by atoms with E-state index in [1.807, 2.05) is 78.3 Å².